The first-order chi connectivity index (χ1) is 14.1. The highest BCUT2D eigenvalue weighted by Crippen LogP contribution is 2.50. The molecule has 0 bridgehead atoms. The van der Waals surface area contributed by atoms with E-state index in [9.17, 15) is 35.1 Å². The van der Waals surface area contributed by atoms with Crippen LogP contribution in [0.1, 0.15) is 22.5 Å². The van der Waals surface area contributed by atoms with Gasteiger partial charge in [0.05, 0.1) is 17.0 Å². The molecule has 0 aliphatic carbocycles. The van der Waals surface area contributed by atoms with Crippen LogP contribution >= 0.6 is 0 Å². The Morgan fingerprint density at radius 2 is 1.45 bits per heavy atom. The maximum absolute atomic E-state index is 15.1. The molecule has 0 saturated heterocycles. The van der Waals surface area contributed by atoms with Crippen LogP contribution in [-0.2, 0) is 12.1 Å². The van der Waals surface area contributed by atoms with Crippen molar-refractivity contribution in [3.8, 4) is 22.6 Å². The van der Waals surface area contributed by atoms with E-state index in [2.05, 4.69) is 10.1 Å². The van der Waals surface area contributed by atoms with Crippen molar-refractivity contribution in [2.24, 2.45) is 0 Å². The van der Waals surface area contributed by atoms with Gasteiger partial charge in [-0.25, -0.2) is 9.37 Å². The molecule has 0 spiro atoms. The Hall–Kier alpha value is -3.05. The molecule has 0 fully saturated rings. The quantitative estimate of drug-likeness (QED) is 0.407. The summed E-state index contributed by atoms with van der Waals surface area (Å²) in [5.74, 6) is -9.09. The molecule has 0 radical (unpaired) electrons. The summed E-state index contributed by atoms with van der Waals surface area (Å²) in [5, 5.41) is 3.41. The number of hydrogen-bond acceptors (Lipinski definition) is 3. The molecule has 166 valence electrons. The predicted octanol–water partition coefficient (Wildman–Crippen LogP) is 6.83. The van der Waals surface area contributed by atoms with Gasteiger partial charge in [-0.15, -0.1) is 0 Å². The van der Waals surface area contributed by atoms with E-state index in [1.165, 1.54) is 31.2 Å². The molecular formula is C19H11F9N2O. The van der Waals surface area contributed by atoms with Gasteiger partial charge in [-0.2, -0.15) is 35.1 Å². The molecule has 2 heterocycles. The predicted molar refractivity (Wildman–Crippen MR) is 89.6 cm³/mol. The number of hydrogen-bond donors (Lipinski definition) is 0. The fraction of sp³-hybridized carbons (Fsp3) is 0.263. The molecule has 1 aromatic carbocycles. The van der Waals surface area contributed by atoms with E-state index in [-0.39, 0.29) is 11.3 Å². The van der Waals surface area contributed by atoms with Crippen LogP contribution in [0.25, 0.3) is 22.6 Å². The molecule has 0 aliphatic rings. The molecule has 0 atom stereocenters. The summed E-state index contributed by atoms with van der Waals surface area (Å²) in [4.78, 5) is 3.01. The number of aryl methyl sites for hydroxylation is 2. The zero-order valence-electron chi connectivity index (χ0n) is 15.6. The van der Waals surface area contributed by atoms with Gasteiger partial charge in [-0.05, 0) is 13.8 Å². The molecule has 3 rings (SSSR count). The Bertz CT molecular complexity index is 1110. The first-order valence-corrected chi connectivity index (χ1v) is 8.41. The minimum Gasteiger partial charge on any atom is -0.356 e. The maximum Gasteiger partial charge on any atom is 0.459 e. The van der Waals surface area contributed by atoms with Crippen molar-refractivity contribution in [3.05, 3.63) is 58.7 Å². The van der Waals surface area contributed by atoms with Crippen molar-refractivity contribution in [1.82, 2.24) is 10.1 Å². The second-order valence-electron chi connectivity index (χ2n) is 6.64. The van der Waals surface area contributed by atoms with Crippen LogP contribution in [0.3, 0.4) is 0 Å². The second-order valence-corrected chi connectivity index (χ2v) is 6.64. The van der Waals surface area contributed by atoms with E-state index in [1.807, 2.05) is 0 Å². The van der Waals surface area contributed by atoms with Gasteiger partial charge in [0.2, 0.25) is 0 Å². The van der Waals surface area contributed by atoms with Gasteiger partial charge in [0.25, 0.3) is 0 Å². The first-order valence-electron chi connectivity index (χ1n) is 8.41. The van der Waals surface area contributed by atoms with Crippen LogP contribution in [0.4, 0.5) is 39.5 Å². The molecule has 31 heavy (non-hydrogen) atoms. The molecule has 0 unspecified atom stereocenters. The van der Waals surface area contributed by atoms with Crippen LogP contribution in [0.15, 0.2) is 34.9 Å². The highest BCUT2D eigenvalue weighted by molar-refractivity contribution is 5.80. The SMILES string of the molecule is Cc1ccc(-c2nc(C(F)(F)C(F)(F)F)c(C(F)(F)F)c(F)c2-c2cc(C)no2)cc1. The van der Waals surface area contributed by atoms with Gasteiger partial charge < -0.3 is 4.52 Å². The molecule has 0 N–H and O–H groups in total. The number of rotatable bonds is 3. The standard InChI is InChI=1S/C19H11F9N2O/c1-8-3-5-10(6-4-8)15-12(11-7-9(2)30-31-11)14(20)13(18(23,24)25)16(29-15)17(21,22)19(26,27)28/h3-7H,1-2H3. The van der Waals surface area contributed by atoms with Crippen LogP contribution in [0.5, 0.6) is 0 Å². The van der Waals surface area contributed by atoms with E-state index >= 15 is 4.39 Å². The normalized spacial score (nSPS) is 13.0. The van der Waals surface area contributed by atoms with Gasteiger partial charge in [0, 0.05) is 11.6 Å². The zero-order valence-corrected chi connectivity index (χ0v) is 15.6. The fourth-order valence-electron chi connectivity index (χ4n) is 2.80. The van der Waals surface area contributed by atoms with E-state index < -0.39 is 52.4 Å². The Balaban J connectivity index is 2.50. The third kappa shape index (κ3) is 3.98. The van der Waals surface area contributed by atoms with Crippen molar-refractivity contribution in [2.45, 2.75) is 32.1 Å². The van der Waals surface area contributed by atoms with E-state index in [0.717, 1.165) is 6.07 Å². The van der Waals surface area contributed by atoms with Crippen LogP contribution in [0.2, 0.25) is 0 Å². The highest BCUT2D eigenvalue weighted by atomic mass is 19.4. The second kappa shape index (κ2) is 7.27. The Morgan fingerprint density at radius 1 is 0.871 bits per heavy atom. The smallest absolute Gasteiger partial charge is 0.356 e. The number of halogens is 9. The lowest BCUT2D eigenvalue weighted by molar-refractivity contribution is -0.292. The van der Waals surface area contributed by atoms with Crippen molar-refractivity contribution >= 4 is 0 Å². The van der Waals surface area contributed by atoms with Crippen molar-refractivity contribution in [2.75, 3.05) is 0 Å². The Kier molecular flexibility index (Phi) is 5.31. The van der Waals surface area contributed by atoms with Crippen molar-refractivity contribution < 1.29 is 44.0 Å². The third-order valence-electron chi connectivity index (χ3n) is 4.27. The van der Waals surface area contributed by atoms with E-state index in [4.69, 9.17) is 4.52 Å². The summed E-state index contributed by atoms with van der Waals surface area (Å²) in [6, 6.07) is 6.16. The number of aromatic nitrogens is 2. The molecule has 12 heteroatoms. The highest BCUT2D eigenvalue weighted by Gasteiger charge is 2.63. The van der Waals surface area contributed by atoms with Crippen LogP contribution in [-0.4, -0.2) is 16.3 Å². The molecular weight excluding hydrogens is 443 g/mol. The number of nitrogens with zero attached hydrogens (tertiary/aromatic N) is 2. The van der Waals surface area contributed by atoms with E-state index in [1.54, 1.807) is 6.92 Å². The summed E-state index contributed by atoms with van der Waals surface area (Å²) < 4.78 is 127. The minimum atomic E-state index is -6.46. The monoisotopic (exact) mass is 454 g/mol. The summed E-state index contributed by atoms with van der Waals surface area (Å²) >= 11 is 0. The fourth-order valence-corrected chi connectivity index (χ4v) is 2.80. The number of benzene rings is 1. The Labute approximate surface area is 168 Å². The first kappa shape index (κ1) is 22.6. The summed E-state index contributed by atoms with van der Waals surface area (Å²) in [5.41, 5.74) is -7.03. The van der Waals surface area contributed by atoms with Crippen LogP contribution in [0, 0.1) is 19.7 Å². The average molecular weight is 454 g/mol. The van der Waals surface area contributed by atoms with Gasteiger partial charge in [-0.3, -0.25) is 0 Å². The van der Waals surface area contributed by atoms with Gasteiger partial charge in [0.15, 0.2) is 11.6 Å². The van der Waals surface area contributed by atoms with Gasteiger partial charge >= 0.3 is 18.3 Å². The maximum atomic E-state index is 15.1. The topological polar surface area (TPSA) is 38.9 Å². The summed E-state index contributed by atoms with van der Waals surface area (Å²) in [6.45, 7) is 2.97. The number of alkyl halides is 8. The van der Waals surface area contributed by atoms with E-state index in [0.29, 0.717) is 5.56 Å². The molecule has 3 aromatic rings. The lowest BCUT2D eigenvalue weighted by Crippen LogP contribution is -2.37. The molecule has 0 amide bonds. The summed E-state index contributed by atoms with van der Waals surface area (Å²) in [7, 11) is 0. The lowest BCUT2D eigenvalue weighted by atomic mass is 9.96. The van der Waals surface area contributed by atoms with Crippen molar-refractivity contribution in [1.29, 1.82) is 0 Å². The van der Waals surface area contributed by atoms with Gasteiger partial charge in [-0.1, -0.05) is 35.0 Å². The minimum absolute atomic E-state index is 0.0995. The molecule has 0 aliphatic heterocycles. The lowest BCUT2D eigenvalue weighted by Gasteiger charge is -2.24. The van der Waals surface area contributed by atoms with Crippen molar-refractivity contribution in [3.63, 3.8) is 0 Å². The average Bonchev–Trinajstić information content (AvgIpc) is 3.05. The zero-order chi connectivity index (χ0) is 23.4. The molecule has 3 nitrogen and oxygen atoms in total. The largest absolute Gasteiger partial charge is 0.459 e. The third-order valence-corrected chi connectivity index (χ3v) is 4.27. The van der Waals surface area contributed by atoms with Gasteiger partial charge in [0.1, 0.15) is 11.3 Å². The molecule has 0 saturated carbocycles. The van der Waals surface area contributed by atoms with Crippen LogP contribution < -0.4 is 0 Å². The molecule has 2 aromatic heterocycles. The number of pyridine rings is 1. The Morgan fingerprint density at radius 3 is 1.90 bits per heavy atom. The summed E-state index contributed by atoms with van der Waals surface area (Å²) in [6.07, 6.45) is -12.4.